The predicted molar refractivity (Wildman–Crippen MR) is 114 cm³/mol. The first-order valence-corrected chi connectivity index (χ1v) is 10.2. The molecule has 8 nitrogen and oxygen atoms in total. The fourth-order valence-corrected chi connectivity index (χ4v) is 3.33. The molecule has 0 amide bonds. The smallest absolute Gasteiger partial charge is 0.550 e. The van der Waals surface area contributed by atoms with E-state index in [2.05, 4.69) is 9.97 Å². The molecule has 0 fully saturated rings. The molecule has 168 valence electrons. The molecule has 0 spiro atoms. The first kappa shape index (κ1) is 26.8. The molecule has 0 aliphatic carbocycles. The van der Waals surface area contributed by atoms with Crippen molar-refractivity contribution in [1.82, 2.24) is 19.7 Å². The van der Waals surface area contributed by atoms with E-state index < -0.39 is 24.6 Å². The van der Waals surface area contributed by atoms with E-state index in [4.69, 9.17) is 5.10 Å². The van der Waals surface area contributed by atoms with Gasteiger partial charge in [-0.2, -0.15) is 5.10 Å². The second-order valence-electron chi connectivity index (χ2n) is 7.68. The summed E-state index contributed by atoms with van der Waals surface area (Å²) < 4.78 is 15.2. The number of halogens is 1. The topological polar surface area (TPSA) is 124 Å². The minimum Gasteiger partial charge on any atom is -0.550 e. The Kier molecular flexibility index (Phi) is 9.87. The Morgan fingerprint density at radius 3 is 2.48 bits per heavy atom. The molecule has 2 aromatic heterocycles. The van der Waals surface area contributed by atoms with Crippen LogP contribution in [0.1, 0.15) is 43.9 Å². The van der Waals surface area contributed by atoms with Crippen LogP contribution in [0.3, 0.4) is 0 Å². The Bertz CT molecular complexity index is 1090. The van der Waals surface area contributed by atoms with Gasteiger partial charge in [0, 0.05) is 42.3 Å². The molecular formula is C23H24FN4NaO4. The summed E-state index contributed by atoms with van der Waals surface area (Å²) in [7, 11) is 0. The number of hydrogen-bond acceptors (Lipinski definition) is 7. The summed E-state index contributed by atoms with van der Waals surface area (Å²) in [6, 6.07) is 5.94. The third-order valence-corrected chi connectivity index (χ3v) is 4.78. The van der Waals surface area contributed by atoms with E-state index in [1.807, 2.05) is 13.8 Å². The summed E-state index contributed by atoms with van der Waals surface area (Å²) in [5, 5.41) is 35.4. The van der Waals surface area contributed by atoms with Gasteiger partial charge in [-0.1, -0.05) is 26.0 Å². The fourth-order valence-electron chi connectivity index (χ4n) is 3.33. The zero-order valence-corrected chi connectivity index (χ0v) is 20.7. The predicted octanol–water partition coefficient (Wildman–Crippen LogP) is -1.14. The van der Waals surface area contributed by atoms with E-state index in [1.165, 1.54) is 18.2 Å². The summed E-state index contributed by atoms with van der Waals surface area (Å²) in [5.74, 6) is -1.29. The second-order valence-corrected chi connectivity index (χ2v) is 7.68. The molecule has 0 bridgehead atoms. The van der Waals surface area contributed by atoms with Gasteiger partial charge in [0.15, 0.2) is 5.82 Å². The van der Waals surface area contributed by atoms with Gasteiger partial charge in [-0.25, -0.2) is 14.1 Å². The van der Waals surface area contributed by atoms with E-state index in [-0.39, 0.29) is 47.7 Å². The second kappa shape index (κ2) is 12.2. The van der Waals surface area contributed by atoms with Gasteiger partial charge in [0.2, 0.25) is 0 Å². The molecule has 0 unspecified atom stereocenters. The normalized spacial score (nSPS) is 13.2. The molecule has 3 rings (SSSR count). The largest absolute Gasteiger partial charge is 1.00 e. The maximum absolute atomic E-state index is 13.6. The summed E-state index contributed by atoms with van der Waals surface area (Å²) in [4.78, 5) is 19.1. The number of carboxylic acid groups (broad SMARTS) is 1. The quantitative estimate of drug-likeness (QED) is 0.385. The molecule has 3 aromatic rings. The molecule has 0 aliphatic rings. The number of aliphatic carboxylic acids is 1. The van der Waals surface area contributed by atoms with Crippen LogP contribution in [0.25, 0.3) is 23.2 Å². The van der Waals surface area contributed by atoms with Gasteiger partial charge >= 0.3 is 29.6 Å². The van der Waals surface area contributed by atoms with Crippen molar-refractivity contribution in [2.24, 2.45) is 0 Å². The number of carboxylic acids is 1. The minimum atomic E-state index is -1.39. The van der Waals surface area contributed by atoms with Gasteiger partial charge in [-0.05, 0) is 30.2 Å². The molecule has 2 N–H and O–H groups in total. The van der Waals surface area contributed by atoms with E-state index in [0.717, 1.165) is 0 Å². The molecule has 0 radical (unpaired) electrons. The third kappa shape index (κ3) is 7.02. The molecule has 10 heteroatoms. The molecule has 1 aromatic carbocycles. The zero-order chi connectivity index (χ0) is 23.3. The molecule has 0 saturated heterocycles. The molecule has 0 saturated carbocycles. The molecule has 0 aliphatic heterocycles. The number of benzene rings is 1. The van der Waals surface area contributed by atoms with E-state index in [0.29, 0.717) is 28.3 Å². The van der Waals surface area contributed by atoms with Gasteiger partial charge in [0.25, 0.3) is 0 Å². The first-order valence-electron chi connectivity index (χ1n) is 10.2. The van der Waals surface area contributed by atoms with Gasteiger partial charge < -0.3 is 20.1 Å². The number of rotatable bonds is 9. The first-order chi connectivity index (χ1) is 15.3. The summed E-state index contributed by atoms with van der Waals surface area (Å²) >= 11 is 0. The number of aliphatic hydroxyl groups excluding tert-OH is 2. The van der Waals surface area contributed by atoms with Gasteiger partial charge in [0.05, 0.1) is 29.8 Å². The maximum atomic E-state index is 13.6. The average Bonchev–Trinajstić information content (AvgIpc) is 3.12. The van der Waals surface area contributed by atoms with E-state index in [1.54, 1.807) is 41.5 Å². The fraction of sp³-hybridized carbons (Fsp3) is 0.304. The van der Waals surface area contributed by atoms with Crippen LogP contribution in [-0.2, 0) is 4.79 Å². The summed E-state index contributed by atoms with van der Waals surface area (Å²) in [6.45, 7) is 3.93. The number of aliphatic hydroxyl groups is 2. The van der Waals surface area contributed by atoms with E-state index in [9.17, 15) is 24.5 Å². The van der Waals surface area contributed by atoms with Crippen LogP contribution in [0, 0.1) is 5.82 Å². The minimum absolute atomic E-state index is 0. The number of hydrogen-bond donors (Lipinski definition) is 2. The van der Waals surface area contributed by atoms with Crippen LogP contribution in [0.2, 0.25) is 0 Å². The molecule has 33 heavy (non-hydrogen) atoms. The van der Waals surface area contributed by atoms with Crippen LogP contribution in [0.15, 0.2) is 48.9 Å². The van der Waals surface area contributed by atoms with Crippen molar-refractivity contribution < 1.29 is 54.1 Å². The van der Waals surface area contributed by atoms with Crippen LogP contribution in [0.4, 0.5) is 4.39 Å². The van der Waals surface area contributed by atoms with Crippen molar-refractivity contribution in [1.29, 1.82) is 0 Å². The summed E-state index contributed by atoms with van der Waals surface area (Å²) in [5.41, 5.74) is 2.72. The van der Waals surface area contributed by atoms with Crippen molar-refractivity contribution in [2.45, 2.75) is 44.8 Å². The number of aromatic nitrogens is 4. The Morgan fingerprint density at radius 2 is 1.91 bits per heavy atom. The van der Waals surface area contributed by atoms with Gasteiger partial charge in [0.1, 0.15) is 5.82 Å². The van der Waals surface area contributed by atoms with Gasteiger partial charge in [-0.3, -0.25) is 4.98 Å². The number of carbonyl (C=O) groups is 1. The number of carbonyl (C=O) groups excluding carboxylic acids is 1. The van der Waals surface area contributed by atoms with E-state index >= 15 is 0 Å². The Labute approximate surface area is 213 Å². The zero-order valence-electron chi connectivity index (χ0n) is 18.7. The average molecular weight is 462 g/mol. The molecule has 2 heterocycles. The van der Waals surface area contributed by atoms with Crippen LogP contribution in [-0.4, -0.2) is 48.1 Å². The Hall–Kier alpha value is -2.43. The molecule has 2 atom stereocenters. The van der Waals surface area contributed by atoms with Crippen molar-refractivity contribution in [3.05, 3.63) is 66.0 Å². The van der Waals surface area contributed by atoms with Crippen LogP contribution < -0.4 is 34.7 Å². The monoisotopic (exact) mass is 462 g/mol. The van der Waals surface area contributed by atoms with Gasteiger partial charge in [-0.15, -0.1) is 0 Å². The van der Waals surface area contributed by atoms with Crippen molar-refractivity contribution >= 4 is 12.0 Å². The van der Waals surface area contributed by atoms with Crippen LogP contribution >= 0.6 is 0 Å². The van der Waals surface area contributed by atoms with Crippen LogP contribution in [0.5, 0.6) is 0 Å². The molecular weight excluding hydrogens is 438 g/mol. The standard InChI is InChI=1S/C23H25FN4O4.Na/c1-14(2)22-19(8-7-17(29)11-18(30)12-21(31)32)23(15-3-5-16(24)6-4-15)28(27-22)20-13-25-9-10-26-20;/h3-10,13-14,17-18,29-30H,11-12H2,1-2H3,(H,31,32);/q;+1/p-1/b8-7+;/t17-,18-;/m1./s1. The Balaban J connectivity index is 0.00000385. The van der Waals surface area contributed by atoms with Crippen molar-refractivity contribution in [3.8, 4) is 17.1 Å². The Morgan fingerprint density at radius 1 is 1.21 bits per heavy atom. The SMILES string of the molecule is CC(C)c1nn(-c2cnccn2)c(-c2ccc(F)cc2)c1/C=C/[C@@H](O)C[C@@H](O)CC(=O)[O-].[Na+]. The van der Waals surface area contributed by atoms with Crippen molar-refractivity contribution in [3.63, 3.8) is 0 Å². The maximum Gasteiger partial charge on any atom is 1.00 e. The number of nitrogens with zero attached hydrogens (tertiary/aromatic N) is 4. The third-order valence-electron chi connectivity index (χ3n) is 4.78. The summed E-state index contributed by atoms with van der Waals surface area (Å²) in [6.07, 6.45) is 4.73. The van der Waals surface area contributed by atoms with Crippen molar-refractivity contribution in [2.75, 3.05) is 0 Å².